The number of allylic oxidation sites excluding steroid dienone is 2. The minimum absolute atomic E-state index is 0.0117. The maximum Gasteiger partial charge on any atom is 0.235 e. The Balaban J connectivity index is 1.92. The molecule has 1 saturated heterocycles. The van der Waals surface area contributed by atoms with Gasteiger partial charge in [0.15, 0.2) is 0 Å². The zero-order valence-corrected chi connectivity index (χ0v) is 17.8. The van der Waals surface area contributed by atoms with Crippen LogP contribution in [0.5, 0.6) is 0 Å². The second-order valence-corrected chi connectivity index (χ2v) is 8.53. The van der Waals surface area contributed by atoms with Crippen LogP contribution in [0.25, 0.3) is 0 Å². The van der Waals surface area contributed by atoms with E-state index in [1.165, 1.54) is 0 Å². The van der Waals surface area contributed by atoms with Gasteiger partial charge in [0.05, 0.1) is 5.41 Å². The first-order valence-electron chi connectivity index (χ1n) is 9.67. The normalized spacial score (nSPS) is 24.5. The Bertz CT molecular complexity index is 1030. The highest BCUT2D eigenvalue weighted by atomic mass is 35.5. The van der Waals surface area contributed by atoms with Crippen molar-refractivity contribution in [2.24, 2.45) is 0 Å². The average molecular weight is 429 g/mol. The van der Waals surface area contributed by atoms with Crippen LogP contribution in [0.15, 0.2) is 54.2 Å². The number of amides is 2. The van der Waals surface area contributed by atoms with E-state index >= 15 is 0 Å². The largest absolute Gasteiger partial charge is 0.325 e. The van der Waals surface area contributed by atoms with Gasteiger partial charge in [0.1, 0.15) is 0 Å². The number of hydrogen-bond acceptors (Lipinski definition) is 2. The summed E-state index contributed by atoms with van der Waals surface area (Å²) in [5.74, 6) is -0.407. The number of nitrogens with zero attached hydrogens (tertiary/aromatic N) is 1. The van der Waals surface area contributed by atoms with Crippen molar-refractivity contribution in [1.29, 1.82) is 0 Å². The monoisotopic (exact) mass is 428 g/mol. The highest BCUT2D eigenvalue weighted by Crippen LogP contribution is 2.53. The number of likely N-dealkylation sites (tertiary alicyclic amines) is 1. The van der Waals surface area contributed by atoms with Crippen molar-refractivity contribution in [1.82, 2.24) is 4.90 Å². The number of anilines is 1. The quantitative estimate of drug-likeness (QED) is 0.684. The lowest BCUT2D eigenvalue weighted by molar-refractivity contribution is -0.129. The average Bonchev–Trinajstić information content (AvgIpc) is 2.86. The van der Waals surface area contributed by atoms with Gasteiger partial charge in [0.2, 0.25) is 11.8 Å². The van der Waals surface area contributed by atoms with Crippen LogP contribution >= 0.6 is 23.2 Å². The molecule has 0 bridgehead atoms. The fourth-order valence-corrected chi connectivity index (χ4v) is 5.03. The smallest absolute Gasteiger partial charge is 0.235 e. The molecule has 4 nitrogen and oxygen atoms in total. The highest BCUT2D eigenvalue weighted by Gasteiger charge is 2.54. The first-order valence-corrected chi connectivity index (χ1v) is 10.4. The van der Waals surface area contributed by atoms with E-state index in [4.69, 9.17) is 23.2 Å². The molecule has 0 aliphatic carbocycles. The lowest BCUT2D eigenvalue weighted by Gasteiger charge is -2.34. The lowest BCUT2D eigenvalue weighted by atomic mass is 9.65. The standard InChI is InChI=1S/C23H22Cl2N2O2/c1-3-14(2)27-10-9-23(18-8-7-17(25)12-20(18)26-22(23)29)19(13-21(27)28)15-5-4-6-16(24)11-15/h3-8,11-12,19H,9-10,13H2,1-2H3,(H,26,29)/t19-,23+/m0/s1. The Morgan fingerprint density at radius 3 is 2.66 bits per heavy atom. The number of nitrogens with one attached hydrogen (secondary N) is 1. The first-order chi connectivity index (χ1) is 13.9. The van der Waals surface area contributed by atoms with Gasteiger partial charge in [-0.15, -0.1) is 0 Å². The lowest BCUT2D eigenvalue weighted by Crippen LogP contribution is -2.41. The van der Waals surface area contributed by atoms with Gasteiger partial charge in [-0.3, -0.25) is 9.59 Å². The second kappa shape index (κ2) is 7.51. The summed E-state index contributed by atoms with van der Waals surface area (Å²) in [5.41, 5.74) is 2.54. The van der Waals surface area contributed by atoms with E-state index in [2.05, 4.69) is 5.32 Å². The van der Waals surface area contributed by atoms with Crippen LogP contribution in [-0.4, -0.2) is 23.3 Å². The Morgan fingerprint density at radius 1 is 1.17 bits per heavy atom. The fraction of sp³-hybridized carbons (Fsp3) is 0.304. The Morgan fingerprint density at radius 2 is 1.93 bits per heavy atom. The zero-order valence-electron chi connectivity index (χ0n) is 16.3. The van der Waals surface area contributed by atoms with Crippen LogP contribution in [-0.2, 0) is 15.0 Å². The van der Waals surface area contributed by atoms with Crippen molar-refractivity contribution in [2.45, 2.75) is 38.0 Å². The summed E-state index contributed by atoms with van der Waals surface area (Å²) in [4.78, 5) is 28.4. The zero-order chi connectivity index (χ0) is 20.8. The van der Waals surface area contributed by atoms with Gasteiger partial charge in [-0.05, 0) is 55.7 Å². The first kappa shape index (κ1) is 20.0. The number of fused-ring (bicyclic) bond motifs is 2. The number of halogens is 2. The molecular formula is C23H22Cl2N2O2. The minimum Gasteiger partial charge on any atom is -0.325 e. The van der Waals surface area contributed by atoms with Gasteiger partial charge in [-0.2, -0.15) is 0 Å². The molecule has 2 aromatic carbocycles. The molecule has 150 valence electrons. The van der Waals surface area contributed by atoms with E-state index in [0.29, 0.717) is 23.0 Å². The molecule has 1 spiro atoms. The van der Waals surface area contributed by atoms with Gasteiger partial charge in [0.25, 0.3) is 0 Å². The summed E-state index contributed by atoms with van der Waals surface area (Å²) in [6.45, 7) is 4.31. The summed E-state index contributed by atoms with van der Waals surface area (Å²) in [5, 5.41) is 4.17. The molecule has 6 heteroatoms. The third kappa shape index (κ3) is 3.24. The van der Waals surface area contributed by atoms with Crippen LogP contribution in [0.2, 0.25) is 10.0 Å². The van der Waals surface area contributed by atoms with Crippen LogP contribution in [0, 0.1) is 0 Å². The number of hydrogen-bond donors (Lipinski definition) is 1. The third-order valence-electron chi connectivity index (χ3n) is 6.21. The van der Waals surface area contributed by atoms with Gasteiger partial charge >= 0.3 is 0 Å². The van der Waals surface area contributed by atoms with Gasteiger partial charge in [-0.25, -0.2) is 0 Å². The molecule has 2 atom stereocenters. The van der Waals surface area contributed by atoms with E-state index in [-0.39, 0.29) is 24.2 Å². The maximum atomic E-state index is 13.5. The molecular weight excluding hydrogens is 407 g/mol. The van der Waals surface area contributed by atoms with Gasteiger partial charge in [0, 0.05) is 40.3 Å². The van der Waals surface area contributed by atoms with E-state index in [0.717, 1.165) is 22.5 Å². The Hall–Kier alpha value is -2.30. The van der Waals surface area contributed by atoms with Crippen LogP contribution in [0.4, 0.5) is 5.69 Å². The molecule has 2 aromatic rings. The topological polar surface area (TPSA) is 49.4 Å². The third-order valence-corrected chi connectivity index (χ3v) is 6.68. The molecule has 0 aromatic heterocycles. The highest BCUT2D eigenvalue weighted by molar-refractivity contribution is 6.31. The predicted molar refractivity (Wildman–Crippen MR) is 116 cm³/mol. The predicted octanol–water partition coefficient (Wildman–Crippen LogP) is 5.51. The molecule has 0 saturated carbocycles. The molecule has 1 fully saturated rings. The van der Waals surface area contributed by atoms with Crippen molar-refractivity contribution in [3.63, 3.8) is 0 Å². The minimum atomic E-state index is -0.858. The summed E-state index contributed by atoms with van der Waals surface area (Å²) in [6.07, 6.45) is 2.66. The summed E-state index contributed by atoms with van der Waals surface area (Å²) >= 11 is 12.4. The number of benzene rings is 2. The number of carbonyl (C=O) groups excluding carboxylic acids is 2. The molecule has 1 N–H and O–H groups in total. The van der Waals surface area contributed by atoms with E-state index in [9.17, 15) is 9.59 Å². The van der Waals surface area contributed by atoms with Crippen LogP contribution < -0.4 is 5.32 Å². The molecule has 4 rings (SSSR count). The molecule has 2 aliphatic heterocycles. The van der Waals surface area contributed by atoms with Crippen molar-refractivity contribution in [3.8, 4) is 0 Å². The van der Waals surface area contributed by atoms with Crippen molar-refractivity contribution in [3.05, 3.63) is 75.4 Å². The second-order valence-electron chi connectivity index (χ2n) is 7.65. The Labute approximate surface area is 180 Å². The van der Waals surface area contributed by atoms with Crippen LogP contribution in [0.3, 0.4) is 0 Å². The molecule has 29 heavy (non-hydrogen) atoms. The van der Waals surface area contributed by atoms with Crippen LogP contribution in [0.1, 0.15) is 43.7 Å². The molecule has 2 amide bonds. The maximum absolute atomic E-state index is 13.5. The number of rotatable bonds is 2. The number of carbonyl (C=O) groups is 2. The molecule has 2 heterocycles. The van der Waals surface area contributed by atoms with Gasteiger partial charge in [-0.1, -0.05) is 47.5 Å². The molecule has 0 radical (unpaired) electrons. The molecule has 2 aliphatic rings. The van der Waals surface area contributed by atoms with Crippen molar-refractivity contribution in [2.75, 3.05) is 11.9 Å². The van der Waals surface area contributed by atoms with Gasteiger partial charge < -0.3 is 10.2 Å². The Kier molecular flexibility index (Phi) is 5.18. The summed E-state index contributed by atoms with van der Waals surface area (Å²) in [6, 6.07) is 13.0. The van der Waals surface area contributed by atoms with E-state index in [1.54, 1.807) is 23.1 Å². The van der Waals surface area contributed by atoms with E-state index < -0.39 is 5.41 Å². The van der Waals surface area contributed by atoms with Crippen molar-refractivity contribution < 1.29 is 9.59 Å². The fourth-order valence-electron chi connectivity index (χ4n) is 4.66. The van der Waals surface area contributed by atoms with E-state index in [1.807, 2.05) is 44.2 Å². The van der Waals surface area contributed by atoms with Crippen molar-refractivity contribution >= 4 is 40.7 Å². The SMILES string of the molecule is CC=C(C)N1CC[C@]2(C(=O)Nc3cc(Cl)ccc32)[C@H](c2cccc(Cl)c2)CC1=O. The summed E-state index contributed by atoms with van der Waals surface area (Å²) < 4.78 is 0. The molecule has 0 unspecified atom stereocenters. The summed E-state index contributed by atoms with van der Waals surface area (Å²) in [7, 11) is 0.